The van der Waals surface area contributed by atoms with E-state index in [1.807, 2.05) is 11.4 Å². The summed E-state index contributed by atoms with van der Waals surface area (Å²) in [7, 11) is 0. The molecule has 0 saturated carbocycles. The van der Waals surface area contributed by atoms with Crippen LogP contribution in [-0.2, 0) is 0 Å². The fourth-order valence-corrected chi connectivity index (χ4v) is 0.250. The highest BCUT2D eigenvalue weighted by atomic mass is 127. The van der Waals surface area contributed by atoms with E-state index in [0.29, 0.717) is 0 Å². The maximum absolute atomic E-state index is 3.68. The molecule has 0 aliphatic heterocycles. The highest BCUT2D eigenvalue weighted by molar-refractivity contribution is 14.3. The molecule has 0 radical (unpaired) electrons. The SMILES string of the molecule is C=C[Si](I)(I)C=C. The number of halogens is 2. The van der Waals surface area contributed by atoms with E-state index in [-0.39, 0.29) is 0 Å². The Morgan fingerprint density at radius 3 is 1.43 bits per heavy atom. The molecular weight excluding hydrogens is 330 g/mol. The zero-order chi connectivity index (χ0) is 5.91. The van der Waals surface area contributed by atoms with E-state index in [0.717, 1.165) is 0 Å². The van der Waals surface area contributed by atoms with Crippen LogP contribution in [0.1, 0.15) is 0 Å². The van der Waals surface area contributed by atoms with E-state index in [2.05, 4.69) is 56.8 Å². The first-order valence-electron chi connectivity index (χ1n) is 1.77. The summed E-state index contributed by atoms with van der Waals surface area (Å²) >= 11 is 4.79. The molecule has 0 N–H and O–H groups in total. The molecule has 0 atom stereocenters. The monoisotopic (exact) mass is 336 g/mol. The summed E-state index contributed by atoms with van der Waals surface area (Å²) in [6.07, 6.45) is 0. The average Bonchev–Trinajstić information content (AvgIpc) is 1.68. The van der Waals surface area contributed by atoms with Crippen molar-refractivity contribution in [3.8, 4) is 0 Å². The van der Waals surface area contributed by atoms with Gasteiger partial charge in [0.25, 0.3) is 0 Å². The third-order valence-electron chi connectivity index (χ3n) is 0.544. The molecule has 40 valence electrons. The molecule has 0 aliphatic rings. The Hall–Kier alpha value is 1.16. The highest BCUT2D eigenvalue weighted by Crippen LogP contribution is 2.22. The normalized spacial score (nSPS) is 10.6. The second-order valence-electron chi connectivity index (χ2n) is 1.08. The molecule has 0 heterocycles. The van der Waals surface area contributed by atoms with Crippen LogP contribution in [0.3, 0.4) is 0 Å². The Labute approximate surface area is 70.5 Å². The van der Waals surface area contributed by atoms with Crippen molar-refractivity contribution in [1.29, 1.82) is 0 Å². The lowest BCUT2D eigenvalue weighted by molar-refractivity contribution is 2.42. The minimum atomic E-state index is -1.18. The van der Waals surface area contributed by atoms with Crippen LogP contribution in [-0.4, -0.2) is 3.07 Å². The molecule has 0 spiro atoms. The topological polar surface area (TPSA) is 0 Å². The van der Waals surface area contributed by atoms with Gasteiger partial charge in [0.15, 0.2) is 0 Å². The van der Waals surface area contributed by atoms with Crippen molar-refractivity contribution in [2.45, 2.75) is 0 Å². The summed E-state index contributed by atoms with van der Waals surface area (Å²) in [5.41, 5.74) is 3.97. The lowest BCUT2D eigenvalue weighted by atomic mass is 11.2. The van der Waals surface area contributed by atoms with Gasteiger partial charge in [-0.05, 0) is 0 Å². The van der Waals surface area contributed by atoms with E-state index >= 15 is 0 Å². The van der Waals surface area contributed by atoms with Gasteiger partial charge >= 0.3 is 0 Å². The summed E-state index contributed by atoms with van der Waals surface area (Å²) in [5.74, 6) is 0. The second-order valence-corrected chi connectivity index (χ2v) is 20.2. The van der Waals surface area contributed by atoms with Crippen molar-refractivity contribution < 1.29 is 0 Å². The summed E-state index contributed by atoms with van der Waals surface area (Å²) < 4.78 is -1.18. The first kappa shape index (κ1) is 8.16. The molecule has 0 aromatic heterocycles. The Morgan fingerprint density at radius 2 is 1.43 bits per heavy atom. The van der Waals surface area contributed by atoms with Crippen LogP contribution in [0.2, 0.25) is 0 Å². The molecule has 0 aromatic rings. The molecule has 7 heavy (non-hydrogen) atoms. The van der Waals surface area contributed by atoms with Gasteiger partial charge in [-0.25, -0.2) is 0 Å². The minimum absolute atomic E-state index is 1.18. The van der Waals surface area contributed by atoms with Crippen LogP contribution in [0.4, 0.5) is 0 Å². The van der Waals surface area contributed by atoms with Gasteiger partial charge in [-0.1, -0.05) is 55.0 Å². The van der Waals surface area contributed by atoms with Gasteiger partial charge < -0.3 is 0 Å². The van der Waals surface area contributed by atoms with E-state index in [1.165, 1.54) is 0 Å². The predicted molar refractivity (Wildman–Crippen MR) is 54.2 cm³/mol. The second kappa shape index (κ2) is 3.24. The molecule has 0 unspecified atom stereocenters. The Bertz CT molecular complexity index is 77.7. The predicted octanol–water partition coefficient (Wildman–Crippen LogP) is 2.75. The van der Waals surface area contributed by atoms with Crippen molar-refractivity contribution in [3.63, 3.8) is 0 Å². The highest BCUT2D eigenvalue weighted by Gasteiger charge is 2.14. The van der Waals surface area contributed by atoms with E-state index < -0.39 is 3.07 Å². The van der Waals surface area contributed by atoms with Crippen LogP contribution in [0.15, 0.2) is 24.6 Å². The van der Waals surface area contributed by atoms with E-state index in [9.17, 15) is 0 Å². The maximum Gasteiger partial charge on any atom is 0.235 e. The number of hydrogen-bond acceptors (Lipinski definition) is 0. The third kappa shape index (κ3) is 3.72. The molecule has 0 amide bonds. The van der Waals surface area contributed by atoms with E-state index in [1.54, 1.807) is 0 Å². The van der Waals surface area contributed by atoms with Crippen LogP contribution in [0, 0.1) is 0 Å². The standard InChI is InChI=1S/C4H6I2Si/c1-3-7(5,6)4-2/h3-4H,1-2H2. The average molecular weight is 336 g/mol. The van der Waals surface area contributed by atoms with Crippen molar-refractivity contribution in [1.82, 2.24) is 0 Å². The summed E-state index contributed by atoms with van der Waals surface area (Å²) in [5, 5.41) is 0. The van der Waals surface area contributed by atoms with Gasteiger partial charge in [0, 0.05) is 0 Å². The first-order chi connectivity index (χ1) is 3.12. The molecule has 0 aromatic carbocycles. The van der Waals surface area contributed by atoms with Crippen LogP contribution >= 0.6 is 43.6 Å². The summed E-state index contributed by atoms with van der Waals surface area (Å²) in [6, 6.07) is 0. The van der Waals surface area contributed by atoms with Crippen LogP contribution in [0.5, 0.6) is 0 Å². The zero-order valence-electron chi connectivity index (χ0n) is 3.82. The third-order valence-corrected chi connectivity index (χ3v) is 6.92. The zero-order valence-corrected chi connectivity index (χ0v) is 9.14. The molecule has 0 aliphatic carbocycles. The fraction of sp³-hybridized carbons (Fsp3) is 0. The maximum atomic E-state index is 3.68. The van der Waals surface area contributed by atoms with Gasteiger partial charge in [-0.3, -0.25) is 0 Å². The minimum Gasteiger partial charge on any atom is -0.105 e. The van der Waals surface area contributed by atoms with Gasteiger partial charge in [0.05, 0.1) is 0 Å². The molecule has 3 heteroatoms. The molecule has 0 nitrogen and oxygen atoms in total. The molecular formula is C4H6I2Si. The number of hydrogen-bond donors (Lipinski definition) is 0. The molecule has 0 bridgehead atoms. The van der Waals surface area contributed by atoms with Gasteiger partial charge in [-0.15, -0.1) is 13.2 Å². The summed E-state index contributed by atoms with van der Waals surface area (Å²) in [4.78, 5) is 0. The lowest BCUT2D eigenvalue weighted by Crippen LogP contribution is -2.06. The number of rotatable bonds is 2. The Morgan fingerprint density at radius 1 is 1.14 bits per heavy atom. The van der Waals surface area contributed by atoms with Crippen molar-refractivity contribution >= 4 is 46.7 Å². The van der Waals surface area contributed by atoms with Crippen molar-refractivity contribution in [3.05, 3.63) is 24.6 Å². The molecule has 0 fully saturated rings. The smallest absolute Gasteiger partial charge is 0.105 e. The first-order valence-corrected chi connectivity index (χ1v) is 10.2. The van der Waals surface area contributed by atoms with Crippen LogP contribution in [0.25, 0.3) is 0 Å². The molecule has 0 rings (SSSR count). The van der Waals surface area contributed by atoms with Gasteiger partial charge in [0.2, 0.25) is 3.07 Å². The van der Waals surface area contributed by atoms with Gasteiger partial charge in [-0.2, -0.15) is 0 Å². The lowest BCUT2D eigenvalue weighted by Gasteiger charge is -2.01. The Balaban J connectivity index is 3.82. The van der Waals surface area contributed by atoms with Crippen molar-refractivity contribution in [2.24, 2.45) is 0 Å². The largest absolute Gasteiger partial charge is 0.235 e. The van der Waals surface area contributed by atoms with E-state index in [4.69, 9.17) is 0 Å². The molecule has 0 saturated heterocycles. The van der Waals surface area contributed by atoms with Crippen LogP contribution < -0.4 is 0 Å². The van der Waals surface area contributed by atoms with Gasteiger partial charge in [0.1, 0.15) is 0 Å². The fourth-order valence-electron chi connectivity index (χ4n) is 0.0833. The Kier molecular flexibility index (Phi) is 3.77. The summed E-state index contributed by atoms with van der Waals surface area (Å²) in [6.45, 7) is 7.36. The quantitative estimate of drug-likeness (QED) is 0.413. The van der Waals surface area contributed by atoms with Crippen molar-refractivity contribution in [2.75, 3.05) is 0 Å².